The fourth-order valence-corrected chi connectivity index (χ4v) is 6.14. The summed E-state index contributed by atoms with van der Waals surface area (Å²) in [6.45, 7) is 17.7. The Morgan fingerprint density at radius 3 is 1.30 bits per heavy atom. The molecule has 3 aromatic carbocycles. The average molecular weight is 587 g/mol. The molecule has 0 bridgehead atoms. The summed E-state index contributed by atoms with van der Waals surface area (Å²) < 4.78 is 34.8. The van der Waals surface area contributed by atoms with E-state index in [1.54, 1.807) is 0 Å². The summed E-state index contributed by atoms with van der Waals surface area (Å²) >= 11 is 0. The maximum absolute atomic E-state index is 6.27. The minimum Gasteiger partial charge on any atom is -0.493 e. The van der Waals surface area contributed by atoms with Crippen LogP contribution in [0, 0.1) is 34.6 Å². The number of rotatable bonds is 15. The fourth-order valence-electron chi connectivity index (χ4n) is 6.14. The molecule has 3 aliphatic rings. The highest BCUT2D eigenvalue weighted by atomic mass is 16.6. The number of hydrogen-bond donors (Lipinski definition) is 0. The van der Waals surface area contributed by atoms with Crippen LogP contribution in [0.2, 0.25) is 0 Å². The lowest BCUT2D eigenvalue weighted by molar-refractivity contribution is 0.280. The zero-order valence-corrected chi connectivity index (χ0v) is 26.6. The summed E-state index contributed by atoms with van der Waals surface area (Å²) in [4.78, 5) is 0. The van der Waals surface area contributed by atoms with Crippen LogP contribution in [0.1, 0.15) is 70.7 Å². The molecule has 3 aliphatic heterocycles. The number of benzene rings is 3. The maximum atomic E-state index is 6.27. The molecule has 0 radical (unpaired) electrons. The highest BCUT2D eigenvalue weighted by Gasteiger charge is 2.34. The second kappa shape index (κ2) is 12.5. The smallest absolute Gasteiger partial charge is 0.125 e. The van der Waals surface area contributed by atoms with Crippen LogP contribution in [0.5, 0.6) is 17.2 Å². The molecule has 0 N–H and O–H groups in total. The first-order valence-electron chi connectivity index (χ1n) is 15.8. The first kappa shape index (κ1) is 30.0. The Kier molecular flexibility index (Phi) is 8.72. The molecule has 6 rings (SSSR count). The van der Waals surface area contributed by atoms with Crippen LogP contribution >= 0.6 is 0 Å². The van der Waals surface area contributed by atoms with Crippen LogP contribution in [-0.2, 0) is 19.6 Å². The molecule has 3 unspecified atom stereocenters. The molecule has 6 heteroatoms. The quantitative estimate of drug-likeness (QED) is 0.140. The van der Waals surface area contributed by atoms with Crippen molar-refractivity contribution in [3.63, 3.8) is 0 Å². The number of hydrogen-bond acceptors (Lipinski definition) is 6. The summed E-state index contributed by atoms with van der Waals surface area (Å²) in [6.07, 6.45) is 3.88. The van der Waals surface area contributed by atoms with Crippen LogP contribution in [0.3, 0.4) is 0 Å². The second-order valence-electron chi connectivity index (χ2n) is 12.8. The van der Waals surface area contributed by atoms with Crippen molar-refractivity contribution in [3.8, 4) is 17.2 Å². The van der Waals surface area contributed by atoms with Crippen molar-refractivity contribution in [2.75, 3.05) is 39.6 Å². The van der Waals surface area contributed by atoms with E-state index in [1.807, 2.05) is 0 Å². The molecule has 0 aliphatic carbocycles. The van der Waals surface area contributed by atoms with E-state index in [2.05, 4.69) is 84.0 Å². The van der Waals surface area contributed by atoms with Crippen molar-refractivity contribution in [3.05, 3.63) is 87.0 Å². The van der Waals surface area contributed by atoms with E-state index in [0.717, 1.165) is 84.1 Å². The molecule has 3 saturated heterocycles. The monoisotopic (exact) mass is 586 g/mol. The van der Waals surface area contributed by atoms with Gasteiger partial charge in [-0.1, -0.05) is 36.4 Å². The van der Waals surface area contributed by atoms with Gasteiger partial charge in [0.2, 0.25) is 0 Å². The Bertz CT molecular complexity index is 1330. The Labute approximate surface area is 256 Å². The van der Waals surface area contributed by atoms with Crippen molar-refractivity contribution in [1.82, 2.24) is 0 Å². The lowest BCUT2D eigenvalue weighted by Gasteiger charge is -2.34. The summed E-state index contributed by atoms with van der Waals surface area (Å²) in [5, 5.41) is 0. The number of ether oxygens (including phenoxy) is 6. The maximum Gasteiger partial charge on any atom is 0.125 e. The van der Waals surface area contributed by atoms with Crippen molar-refractivity contribution in [2.24, 2.45) is 0 Å². The van der Waals surface area contributed by atoms with Gasteiger partial charge in [-0.25, -0.2) is 0 Å². The lowest BCUT2D eigenvalue weighted by atomic mass is 9.69. The molecular weight excluding hydrogens is 540 g/mol. The molecular formula is C37H46O6. The zero-order chi connectivity index (χ0) is 30.1. The third-order valence-electron chi connectivity index (χ3n) is 9.10. The Morgan fingerprint density at radius 2 is 0.930 bits per heavy atom. The van der Waals surface area contributed by atoms with Crippen LogP contribution in [0.15, 0.2) is 42.5 Å². The SMILES string of the molecule is Cc1cc(C(C)(c2cc(C)c(OCCC3CO3)c(C)c2)c2cc(C)c(OCCC3CO3)c(C)c2)ccc1OCCC1CO1. The average Bonchev–Trinajstić information content (AvgIpc) is 3.82. The van der Waals surface area contributed by atoms with Gasteiger partial charge in [-0.05, 0) is 92.1 Å². The third-order valence-corrected chi connectivity index (χ3v) is 9.10. The third kappa shape index (κ3) is 7.03. The molecule has 3 heterocycles. The van der Waals surface area contributed by atoms with Crippen molar-refractivity contribution in [2.45, 2.75) is 84.5 Å². The van der Waals surface area contributed by atoms with Gasteiger partial charge in [-0.3, -0.25) is 0 Å². The van der Waals surface area contributed by atoms with E-state index in [0.29, 0.717) is 38.1 Å². The predicted octanol–water partition coefficient (Wildman–Crippen LogP) is 7.09. The van der Waals surface area contributed by atoms with E-state index < -0.39 is 5.41 Å². The van der Waals surface area contributed by atoms with Gasteiger partial charge in [0.25, 0.3) is 0 Å². The van der Waals surface area contributed by atoms with Crippen molar-refractivity contribution in [1.29, 1.82) is 0 Å². The summed E-state index contributed by atoms with van der Waals surface area (Å²) in [7, 11) is 0. The van der Waals surface area contributed by atoms with E-state index in [1.165, 1.54) is 16.7 Å². The van der Waals surface area contributed by atoms with E-state index in [-0.39, 0.29) is 0 Å². The normalized spacial score (nSPS) is 21.7. The van der Waals surface area contributed by atoms with E-state index >= 15 is 0 Å². The predicted molar refractivity (Wildman–Crippen MR) is 168 cm³/mol. The molecule has 0 saturated carbocycles. The van der Waals surface area contributed by atoms with Gasteiger partial charge in [0.05, 0.1) is 58.0 Å². The molecule has 3 aromatic rings. The number of aryl methyl sites for hydroxylation is 5. The first-order valence-corrected chi connectivity index (χ1v) is 15.8. The minimum absolute atomic E-state index is 0.362. The van der Waals surface area contributed by atoms with Gasteiger partial charge in [0.15, 0.2) is 0 Å². The largest absolute Gasteiger partial charge is 0.493 e. The van der Waals surface area contributed by atoms with Gasteiger partial charge in [0, 0.05) is 24.7 Å². The zero-order valence-electron chi connectivity index (χ0n) is 26.6. The molecule has 6 nitrogen and oxygen atoms in total. The van der Waals surface area contributed by atoms with Crippen molar-refractivity contribution < 1.29 is 28.4 Å². The Morgan fingerprint density at radius 1 is 0.558 bits per heavy atom. The van der Waals surface area contributed by atoms with Gasteiger partial charge >= 0.3 is 0 Å². The molecule has 230 valence electrons. The Balaban J connectivity index is 1.35. The van der Waals surface area contributed by atoms with Gasteiger partial charge in [-0.2, -0.15) is 0 Å². The van der Waals surface area contributed by atoms with Crippen LogP contribution in [0.4, 0.5) is 0 Å². The highest BCUT2D eigenvalue weighted by Crippen LogP contribution is 2.44. The van der Waals surface area contributed by atoms with Crippen molar-refractivity contribution >= 4 is 0 Å². The molecule has 43 heavy (non-hydrogen) atoms. The standard InChI is InChI=1S/C37H46O6/c1-23-15-28(7-8-34(23)38-12-9-31-20-41-31)37(6,29-16-24(2)35(25(3)17-29)39-13-10-32-21-42-32)30-18-26(4)36(27(5)19-30)40-14-11-33-22-43-33/h7-8,15-19,31-33H,9-14,20-22H2,1-6H3. The summed E-state index contributed by atoms with van der Waals surface area (Å²) in [6, 6.07) is 15.9. The van der Waals surface area contributed by atoms with Crippen LogP contribution in [-0.4, -0.2) is 58.0 Å². The highest BCUT2D eigenvalue weighted by molar-refractivity contribution is 5.58. The van der Waals surface area contributed by atoms with E-state index in [4.69, 9.17) is 28.4 Å². The minimum atomic E-state index is -0.420. The molecule has 3 fully saturated rings. The lowest BCUT2D eigenvalue weighted by Crippen LogP contribution is -2.26. The van der Waals surface area contributed by atoms with Crippen LogP contribution in [0.25, 0.3) is 0 Å². The molecule has 0 aromatic heterocycles. The second-order valence-corrected chi connectivity index (χ2v) is 12.8. The summed E-state index contributed by atoms with van der Waals surface area (Å²) in [5.41, 5.74) is 8.99. The van der Waals surface area contributed by atoms with E-state index in [9.17, 15) is 0 Å². The fraction of sp³-hybridized carbons (Fsp3) is 0.514. The first-order chi connectivity index (χ1) is 20.7. The van der Waals surface area contributed by atoms with Crippen LogP contribution < -0.4 is 14.2 Å². The van der Waals surface area contributed by atoms with Gasteiger partial charge in [-0.15, -0.1) is 0 Å². The summed E-state index contributed by atoms with van der Waals surface area (Å²) in [5.74, 6) is 2.88. The Hall–Kier alpha value is -3.06. The topological polar surface area (TPSA) is 65.3 Å². The van der Waals surface area contributed by atoms with Gasteiger partial charge < -0.3 is 28.4 Å². The van der Waals surface area contributed by atoms with Gasteiger partial charge in [0.1, 0.15) is 17.2 Å². The molecule has 3 atom stereocenters. The number of epoxide rings is 3. The molecule has 0 spiro atoms. The molecule has 0 amide bonds.